The zero-order chi connectivity index (χ0) is 13.8. The Morgan fingerprint density at radius 1 is 1.33 bits per heavy atom. The third-order valence-corrected chi connectivity index (χ3v) is 2.40. The molecule has 1 rings (SSSR count). The molecule has 0 saturated heterocycles. The quantitative estimate of drug-likeness (QED) is 0.649. The van der Waals surface area contributed by atoms with E-state index >= 15 is 0 Å². The third kappa shape index (κ3) is 3.74. The van der Waals surface area contributed by atoms with Crippen molar-refractivity contribution < 1.29 is 22.7 Å². The van der Waals surface area contributed by atoms with Crippen molar-refractivity contribution in [3.8, 4) is 11.8 Å². The zero-order valence-electron chi connectivity index (χ0n) is 9.68. The standard InChI is InChI=1S/C13H12F4O/c1-2-3-4-5-12(18)10-8-9(14)6-7-11(10)13(15,16)17/h6-8,12,18H,4-5H2,1H3. The van der Waals surface area contributed by atoms with E-state index in [0.717, 1.165) is 6.07 Å². The van der Waals surface area contributed by atoms with E-state index in [1.165, 1.54) is 0 Å². The van der Waals surface area contributed by atoms with Gasteiger partial charge in [0.15, 0.2) is 0 Å². The van der Waals surface area contributed by atoms with Crippen LogP contribution >= 0.6 is 0 Å². The van der Waals surface area contributed by atoms with Crippen molar-refractivity contribution in [2.45, 2.75) is 32.0 Å². The molecule has 0 aromatic heterocycles. The fourth-order valence-corrected chi connectivity index (χ4v) is 1.56. The fraction of sp³-hybridized carbons (Fsp3) is 0.385. The minimum Gasteiger partial charge on any atom is -0.388 e. The maximum Gasteiger partial charge on any atom is 0.416 e. The molecular weight excluding hydrogens is 248 g/mol. The maximum atomic E-state index is 13.0. The number of aliphatic hydroxyl groups excluding tert-OH is 1. The van der Waals surface area contributed by atoms with E-state index in [-0.39, 0.29) is 12.8 Å². The van der Waals surface area contributed by atoms with E-state index in [2.05, 4.69) is 11.8 Å². The smallest absolute Gasteiger partial charge is 0.388 e. The first-order chi connectivity index (χ1) is 8.36. The first-order valence-corrected chi connectivity index (χ1v) is 5.30. The number of halogens is 4. The van der Waals surface area contributed by atoms with Crippen molar-refractivity contribution in [3.63, 3.8) is 0 Å². The fourth-order valence-electron chi connectivity index (χ4n) is 1.56. The minimum atomic E-state index is -4.61. The molecule has 0 radical (unpaired) electrons. The second-order valence-electron chi connectivity index (χ2n) is 3.71. The molecule has 0 aliphatic heterocycles. The van der Waals surface area contributed by atoms with Gasteiger partial charge in [-0.3, -0.25) is 0 Å². The lowest BCUT2D eigenvalue weighted by molar-refractivity contribution is -0.139. The van der Waals surface area contributed by atoms with E-state index in [9.17, 15) is 22.7 Å². The SMILES string of the molecule is CC#CCCC(O)c1cc(F)ccc1C(F)(F)F. The van der Waals surface area contributed by atoms with Crippen LogP contribution in [-0.2, 0) is 6.18 Å². The molecule has 1 aromatic carbocycles. The first kappa shape index (κ1) is 14.5. The lowest BCUT2D eigenvalue weighted by Gasteiger charge is -2.16. The Hall–Kier alpha value is -1.54. The highest BCUT2D eigenvalue weighted by molar-refractivity contribution is 5.32. The number of aliphatic hydroxyl groups is 1. The molecule has 0 saturated carbocycles. The summed E-state index contributed by atoms with van der Waals surface area (Å²) in [6, 6.07) is 2.08. The summed E-state index contributed by atoms with van der Waals surface area (Å²) in [5.74, 6) is 4.40. The second kappa shape index (κ2) is 5.87. The monoisotopic (exact) mass is 260 g/mol. The van der Waals surface area contributed by atoms with Gasteiger partial charge in [0.25, 0.3) is 0 Å². The Bertz CT molecular complexity index is 468. The first-order valence-electron chi connectivity index (χ1n) is 5.30. The molecule has 1 nitrogen and oxygen atoms in total. The summed E-state index contributed by atoms with van der Waals surface area (Å²) in [6.45, 7) is 1.59. The molecule has 0 spiro atoms. The summed E-state index contributed by atoms with van der Waals surface area (Å²) in [5, 5.41) is 9.68. The summed E-state index contributed by atoms with van der Waals surface area (Å²) < 4.78 is 51.0. The molecule has 0 bridgehead atoms. The summed E-state index contributed by atoms with van der Waals surface area (Å²) in [6.07, 6.45) is -5.70. The van der Waals surface area contributed by atoms with Crippen LogP contribution in [0, 0.1) is 17.7 Å². The predicted octanol–water partition coefficient (Wildman–Crippen LogP) is 3.68. The van der Waals surface area contributed by atoms with Gasteiger partial charge in [-0.15, -0.1) is 11.8 Å². The van der Waals surface area contributed by atoms with Crippen molar-refractivity contribution in [2.75, 3.05) is 0 Å². The third-order valence-electron chi connectivity index (χ3n) is 2.40. The highest BCUT2D eigenvalue weighted by atomic mass is 19.4. The topological polar surface area (TPSA) is 20.2 Å². The lowest BCUT2D eigenvalue weighted by Crippen LogP contribution is -2.12. The van der Waals surface area contributed by atoms with Crippen molar-refractivity contribution in [3.05, 3.63) is 35.1 Å². The summed E-state index contributed by atoms with van der Waals surface area (Å²) in [4.78, 5) is 0. The molecule has 0 fully saturated rings. The van der Waals surface area contributed by atoms with Crippen LogP contribution in [0.2, 0.25) is 0 Å². The van der Waals surface area contributed by atoms with E-state index in [0.29, 0.717) is 12.1 Å². The number of benzene rings is 1. The van der Waals surface area contributed by atoms with Gasteiger partial charge in [-0.2, -0.15) is 13.2 Å². The van der Waals surface area contributed by atoms with E-state index in [1.807, 2.05) is 0 Å². The van der Waals surface area contributed by atoms with Crippen LogP contribution in [-0.4, -0.2) is 5.11 Å². The number of hydrogen-bond acceptors (Lipinski definition) is 1. The van der Waals surface area contributed by atoms with Gasteiger partial charge in [0, 0.05) is 6.42 Å². The average Bonchev–Trinajstić information content (AvgIpc) is 2.27. The highest BCUT2D eigenvalue weighted by Gasteiger charge is 2.35. The Morgan fingerprint density at radius 3 is 2.56 bits per heavy atom. The van der Waals surface area contributed by atoms with Crippen LogP contribution in [0.4, 0.5) is 17.6 Å². The molecule has 1 atom stereocenters. The van der Waals surface area contributed by atoms with Gasteiger partial charge in [-0.1, -0.05) is 0 Å². The molecule has 98 valence electrons. The van der Waals surface area contributed by atoms with Crippen molar-refractivity contribution in [2.24, 2.45) is 0 Å². The molecule has 0 heterocycles. The molecule has 0 aliphatic carbocycles. The zero-order valence-corrected chi connectivity index (χ0v) is 9.68. The van der Waals surface area contributed by atoms with Crippen molar-refractivity contribution in [1.82, 2.24) is 0 Å². The van der Waals surface area contributed by atoms with Gasteiger partial charge in [-0.05, 0) is 37.1 Å². The normalized spacial score (nSPS) is 12.8. The van der Waals surface area contributed by atoms with Crippen LogP contribution in [0.3, 0.4) is 0 Å². The Morgan fingerprint density at radius 2 is 2.00 bits per heavy atom. The Balaban J connectivity index is 3.04. The highest BCUT2D eigenvalue weighted by Crippen LogP contribution is 2.36. The van der Waals surface area contributed by atoms with E-state index in [1.54, 1.807) is 6.92 Å². The number of alkyl halides is 3. The van der Waals surface area contributed by atoms with Gasteiger partial charge >= 0.3 is 6.18 Å². The van der Waals surface area contributed by atoms with Gasteiger partial charge < -0.3 is 5.11 Å². The van der Waals surface area contributed by atoms with E-state index in [4.69, 9.17) is 0 Å². The Labute approximate surface area is 102 Å². The van der Waals surface area contributed by atoms with E-state index < -0.39 is 29.2 Å². The van der Waals surface area contributed by atoms with Crippen LogP contribution in [0.25, 0.3) is 0 Å². The molecular formula is C13H12F4O. The summed E-state index contributed by atoms with van der Waals surface area (Å²) >= 11 is 0. The van der Waals surface area contributed by atoms with Crippen molar-refractivity contribution in [1.29, 1.82) is 0 Å². The molecule has 0 amide bonds. The summed E-state index contributed by atoms with van der Waals surface area (Å²) in [5.41, 5.74) is -1.46. The van der Waals surface area contributed by atoms with Crippen LogP contribution in [0.1, 0.15) is 37.0 Å². The molecule has 1 N–H and O–H groups in total. The molecule has 1 aromatic rings. The van der Waals surface area contributed by atoms with Gasteiger partial charge in [-0.25, -0.2) is 4.39 Å². The Kier molecular flexibility index (Phi) is 4.74. The molecule has 18 heavy (non-hydrogen) atoms. The van der Waals surface area contributed by atoms with Gasteiger partial charge in [0.2, 0.25) is 0 Å². The predicted molar refractivity (Wildman–Crippen MR) is 59.0 cm³/mol. The molecule has 0 aliphatic rings. The number of rotatable bonds is 3. The van der Waals surface area contributed by atoms with Gasteiger partial charge in [0.05, 0.1) is 11.7 Å². The summed E-state index contributed by atoms with van der Waals surface area (Å²) in [7, 11) is 0. The number of hydrogen-bond donors (Lipinski definition) is 1. The van der Waals surface area contributed by atoms with Crippen molar-refractivity contribution >= 4 is 0 Å². The second-order valence-corrected chi connectivity index (χ2v) is 3.71. The molecule has 1 unspecified atom stereocenters. The van der Waals surface area contributed by atoms with Gasteiger partial charge in [0.1, 0.15) is 5.82 Å². The lowest BCUT2D eigenvalue weighted by atomic mass is 9.98. The molecule has 5 heteroatoms. The van der Waals surface area contributed by atoms with Crippen LogP contribution in [0.15, 0.2) is 18.2 Å². The largest absolute Gasteiger partial charge is 0.416 e. The van der Waals surface area contributed by atoms with Crippen LogP contribution < -0.4 is 0 Å². The maximum absolute atomic E-state index is 13.0. The average molecular weight is 260 g/mol. The van der Waals surface area contributed by atoms with Crippen LogP contribution in [0.5, 0.6) is 0 Å². The minimum absolute atomic E-state index is 0.0351.